The summed E-state index contributed by atoms with van der Waals surface area (Å²) in [5.74, 6) is 0.711. The zero-order valence-corrected chi connectivity index (χ0v) is 14.2. The van der Waals surface area contributed by atoms with Crippen molar-refractivity contribution in [1.82, 2.24) is 15.3 Å². The normalized spacial score (nSPS) is 10.9. The summed E-state index contributed by atoms with van der Waals surface area (Å²) in [6, 6.07) is 17.7. The predicted octanol–water partition coefficient (Wildman–Crippen LogP) is 3.45. The number of nitrogens with one attached hydrogen (secondary N) is 2. The molecule has 0 atom stereocenters. The Morgan fingerprint density at radius 3 is 2.92 bits per heavy atom. The third-order valence-electron chi connectivity index (χ3n) is 4.30. The summed E-state index contributed by atoms with van der Waals surface area (Å²) in [7, 11) is 0. The Bertz CT molecular complexity index is 1050. The van der Waals surface area contributed by atoms with Crippen LogP contribution in [0.15, 0.2) is 67.0 Å². The van der Waals surface area contributed by atoms with E-state index in [9.17, 15) is 4.79 Å². The smallest absolute Gasteiger partial charge is 0.224 e. The highest BCUT2D eigenvalue weighted by Gasteiger charge is 2.08. The number of amides is 1. The molecule has 0 aliphatic carbocycles. The zero-order chi connectivity index (χ0) is 17.8. The molecule has 2 N–H and O–H groups in total. The van der Waals surface area contributed by atoms with E-state index in [0.29, 0.717) is 19.6 Å². The molecule has 2 heterocycles. The zero-order valence-electron chi connectivity index (χ0n) is 14.2. The lowest BCUT2D eigenvalue weighted by atomic mass is 10.1. The first-order valence-corrected chi connectivity index (χ1v) is 8.59. The highest BCUT2D eigenvalue weighted by Crippen LogP contribution is 2.22. The Hall–Kier alpha value is -3.34. The lowest BCUT2D eigenvalue weighted by Crippen LogP contribution is -2.29. The van der Waals surface area contributed by atoms with Crippen LogP contribution in [0.4, 0.5) is 0 Å². The highest BCUT2D eigenvalue weighted by molar-refractivity contribution is 5.88. The van der Waals surface area contributed by atoms with Crippen molar-refractivity contribution in [2.24, 2.45) is 0 Å². The molecule has 4 aromatic rings. The summed E-state index contributed by atoms with van der Waals surface area (Å²) < 4.78 is 5.79. The van der Waals surface area contributed by atoms with E-state index in [1.165, 1.54) is 0 Å². The van der Waals surface area contributed by atoms with Crippen LogP contribution in [0.1, 0.15) is 5.56 Å². The number of hydrogen-bond acceptors (Lipinski definition) is 3. The molecule has 0 bridgehead atoms. The van der Waals surface area contributed by atoms with Crippen molar-refractivity contribution in [3.8, 4) is 5.75 Å². The number of carbonyl (C=O) groups is 1. The van der Waals surface area contributed by atoms with Gasteiger partial charge in [-0.3, -0.25) is 9.78 Å². The molecule has 26 heavy (non-hydrogen) atoms. The van der Waals surface area contributed by atoms with Crippen molar-refractivity contribution in [2.45, 2.75) is 6.42 Å². The van der Waals surface area contributed by atoms with Gasteiger partial charge in [0.2, 0.25) is 5.91 Å². The summed E-state index contributed by atoms with van der Waals surface area (Å²) in [6.45, 7) is 0.847. The molecule has 4 rings (SSSR count). The van der Waals surface area contributed by atoms with Gasteiger partial charge in [-0.25, -0.2) is 0 Å². The van der Waals surface area contributed by atoms with E-state index in [2.05, 4.69) is 15.3 Å². The molecule has 0 saturated heterocycles. The summed E-state index contributed by atoms with van der Waals surface area (Å²) in [5.41, 5.74) is 2.87. The van der Waals surface area contributed by atoms with E-state index in [0.717, 1.165) is 33.1 Å². The number of H-pyrrole nitrogens is 1. The quantitative estimate of drug-likeness (QED) is 0.526. The minimum Gasteiger partial charge on any atom is -0.489 e. The van der Waals surface area contributed by atoms with Crippen molar-refractivity contribution < 1.29 is 9.53 Å². The van der Waals surface area contributed by atoms with E-state index in [4.69, 9.17) is 4.74 Å². The van der Waals surface area contributed by atoms with E-state index < -0.39 is 0 Å². The molecule has 0 spiro atoms. The maximum atomic E-state index is 12.2. The fraction of sp³-hybridized carbons (Fsp3) is 0.143. The fourth-order valence-electron chi connectivity index (χ4n) is 3.06. The molecule has 2 aromatic carbocycles. The average molecular weight is 345 g/mol. The summed E-state index contributed by atoms with van der Waals surface area (Å²) in [5, 5.41) is 5.03. The van der Waals surface area contributed by atoms with Crippen LogP contribution in [0.5, 0.6) is 5.75 Å². The molecule has 0 saturated carbocycles. The summed E-state index contributed by atoms with van der Waals surface area (Å²) >= 11 is 0. The van der Waals surface area contributed by atoms with Gasteiger partial charge < -0.3 is 15.0 Å². The van der Waals surface area contributed by atoms with Crippen molar-refractivity contribution in [1.29, 1.82) is 0 Å². The third-order valence-corrected chi connectivity index (χ3v) is 4.30. The first-order valence-electron chi connectivity index (χ1n) is 8.59. The Labute approximate surface area is 151 Å². The number of benzene rings is 2. The van der Waals surface area contributed by atoms with Crippen LogP contribution >= 0.6 is 0 Å². The van der Waals surface area contributed by atoms with Crippen LogP contribution in [-0.2, 0) is 11.2 Å². The molecule has 0 aliphatic rings. The van der Waals surface area contributed by atoms with Gasteiger partial charge in [0.15, 0.2) is 0 Å². The Kier molecular flexibility index (Phi) is 4.51. The maximum absolute atomic E-state index is 12.2. The monoisotopic (exact) mass is 345 g/mol. The lowest BCUT2D eigenvalue weighted by molar-refractivity contribution is -0.120. The molecule has 130 valence electrons. The SMILES string of the molecule is O=C(Cc1c[nH]c2ccccc12)NCCOc1cccc2cccnc12. The van der Waals surface area contributed by atoms with E-state index >= 15 is 0 Å². The molecular formula is C21H19N3O2. The van der Waals surface area contributed by atoms with E-state index in [1.54, 1.807) is 6.20 Å². The van der Waals surface area contributed by atoms with Gasteiger partial charge in [0.25, 0.3) is 0 Å². The van der Waals surface area contributed by atoms with Gasteiger partial charge in [-0.2, -0.15) is 0 Å². The molecule has 0 radical (unpaired) electrons. The lowest BCUT2D eigenvalue weighted by Gasteiger charge is -2.09. The molecule has 5 nitrogen and oxygen atoms in total. The molecule has 0 aliphatic heterocycles. The number of aromatic nitrogens is 2. The van der Waals surface area contributed by atoms with Crippen molar-refractivity contribution >= 4 is 27.7 Å². The van der Waals surface area contributed by atoms with Crippen LogP contribution in [-0.4, -0.2) is 29.0 Å². The second kappa shape index (κ2) is 7.27. The van der Waals surface area contributed by atoms with Crippen LogP contribution < -0.4 is 10.1 Å². The highest BCUT2D eigenvalue weighted by atomic mass is 16.5. The number of ether oxygens (including phenoxy) is 1. The first kappa shape index (κ1) is 16.1. The topological polar surface area (TPSA) is 67.0 Å². The van der Waals surface area contributed by atoms with Crippen LogP contribution in [0.25, 0.3) is 21.8 Å². The second-order valence-corrected chi connectivity index (χ2v) is 6.07. The number of nitrogens with zero attached hydrogens (tertiary/aromatic N) is 1. The number of hydrogen-bond donors (Lipinski definition) is 2. The van der Waals surface area contributed by atoms with Crippen molar-refractivity contribution in [2.75, 3.05) is 13.2 Å². The molecule has 1 amide bonds. The molecule has 0 unspecified atom stereocenters. The molecule has 5 heteroatoms. The van der Waals surface area contributed by atoms with Crippen molar-refractivity contribution in [3.05, 3.63) is 72.6 Å². The van der Waals surface area contributed by atoms with Gasteiger partial charge in [-0.05, 0) is 23.8 Å². The second-order valence-electron chi connectivity index (χ2n) is 6.07. The van der Waals surface area contributed by atoms with Crippen LogP contribution in [0, 0.1) is 0 Å². The fourth-order valence-corrected chi connectivity index (χ4v) is 3.06. The number of aromatic amines is 1. The van der Waals surface area contributed by atoms with Crippen molar-refractivity contribution in [3.63, 3.8) is 0 Å². The third kappa shape index (κ3) is 3.37. The maximum Gasteiger partial charge on any atom is 0.224 e. The number of pyridine rings is 1. The van der Waals surface area contributed by atoms with Gasteiger partial charge in [-0.15, -0.1) is 0 Å². The molecule has 2 aromatic heterocycles. The van der Waals surface area contributed by atoms with E-state index in [1.807, 2.05) is 60.8 Å². The number of rotatable bonds is 6. The minimum atomic E-state index is -0.0191. The Morgan fingerprint density at radius 2 is 1.96 bits per heavy atom. The standard InChI is InChI=1S/C21H19N3O2/c25-20(13-16-14-24-18-8-2-1-7-17(16)18)22-11-12-26-19-9-3-5-15-6-4-10-23-21(15)19/h1-10,14,24H,11-13H2,(H,22,25). The molecule has 0 fully saturated rings. The van der Waals surface area contributed by atoms with Gasteiger partial charge in [0.1, 0.15) is 17.9 Å². The van der Waals surface area contributed by atoms with Gasteiger partial charge in [-0.1, -0.05) is 36.4 Å². The average Bonchev–Trinajstić information content (AvgIpc) is 3.08. The van der Waals surface area contributed by atoms with E-state index in [-0.39, 0.29) is 5.91 Å². The first-order chi connectivity index (χ1) is 12.8. The van der Waals surface area contributed by atoms with Gasteiger partial charge >= 0.3 is 0 Å². The van der Waals surface area contributed by atoms with Gasteiger partial charge in [0.05, 0.1) is 13.0 Å². The number of carbonyl (C=O) groups excluding carboxylic acids is 1. The van der Waals surface area contributed by atoms with Gasteiger partial charge in [0, 0.05) is 28.7 Å². The minimum absolute atomic E-state index is 0.0191. The predicted molar refractivity (Wildman–Crippen MR) is 102 cm³/mol. The molecular weight excluding hydrogens is 326 g/mol. The summed E-state index contributed by atoms with van der Waals surface area (Å²) in [6.07, 6.45) is 3.99. The Balaban J connectivity index is 1.31. The Morgan fingerprint density at radius 1 is 1.08 bits per heavy atom. The number of fused-ring (bicyclic) bond motifs is 2. The van der Waals surface area contributed by atoms with Crippen LogP contribution in [0.3, 0.4) is 0 Å². The largest absolute Gasteiger partial charge is 0.489 e. The van der Waals surface area contributed by atoms with Crippen LogP contribution in [0.2, 0.25) is 0 Å². The number of para-hydroxylation sites is 2. The summed E-state index contributed by atoms with van der Waals surface area (Å²) in [4.78, 5) is 19.7.